The van der Waals surface area contributed by atoms with Gasteiger partial charge in [0.15, 0.2) is 11.5 Å². The van der Waals surface area contributed by atoms with Gasteiger partial charge in [0.25, 0.3) is 0 Å². The molecule has 2 rings (SSSR count). The highest BCUT2D eigenvalue weighted by atomic mass is 32.2. The highest BCUT2D eigenvalue weighted by Crippen LogP contribution is 2.27. The van der Waals surface area contributed by atoms with E-state index in [1.54, 1.807) is 20.3 Å². The number of anilines is 1. The van der Waals surface area contributed by atoms with Gasteiger partial charge >= 0.3 is 0 Å². The molecular formula is C21H28N2O5S. The van der Waals surface area contributed by atoms with Gasteiger partial charge < -0.3 is 14.8 Å². The second-order valence-electron chi connectivity index (χ2n) is 6.85. The molecule has 2 aromatic carbocycles. The molecule has 7 nitrogen and oxygen atoms in total. The number of amides is 1. The summed E-state index contributed by atoms with van der Waals surface area (Å²) in [6.07, 6.45) is 1.68. The molecule has 0 spiro atoms. The maximum Gasteiger partial charge on any atom is 0.240 e. The van der Waals surface area contributed by atoms with Crippen molar-refractivity contribution in [2.24, 2.45) is 0 Å². The lowest BCUT2D eigenvalue weighted by molar-refractivity contribution is -0.119. The molecule has 0 aliphatic heterocycles. The Morgan fingerprint density at radius 1 is 1.03 bits per heavy atom. The lowest BCUT2D eigenvalue weighted by Gasteiger charge is -2.24. The van der Waals surface area contributed by atoms with Gasteiger partial charge in [-0.25, -0.2) is 8.42 Å². The second-order valence-corrected chi connectivity index (χ2v) is 8.76. The van der Waals surface area contributed by atoms with Crippen molar-refractivity contribution in [3.63, 3.8) is 0 Å². The number of sulfonamides is 1. The van der Waals surface area contributed by atoms with Gasteiger partial charge in [0, 0.05) is 6.54 Å². The molecule has 0 unspecified atom stereocenters. The minimum absolute atomic E-state index is 0.269. The molecule has 0 aliphatic rings. The Kier molecular flexibility index (Phi) is 7.50. The fourth-order valence-electron chi connectivity index (χ4n) is 3.04. The molecule has 2 aromatic rings. The molecule has 0 fully saturated rings. The van der Waals surface area contributed by atoms with E-state index in [1.807, 2.05) is 44.2 Å². The molecule has 0 bridgehead atoms. The number of benzene rings is 2. The third-order valence-corrected chi connectivity index (χ3v) is 5.62. The molecule has 0 aromatic heterocycles. The molecule has 158 valence electrons. The van der Waals surface area contributed by atoms with Crippen molar-refractivity contribution >= 4 is 21.6 Å². The largest absolute Gasteiger partial charge is 0.493 e. The SMILES string of the molecule is COc1ccc(CCNC(=O)CN(c2ccc(C)cc2C)S(C)(=O)=O)cc1OC. The van der Waals surface area contributed by atoms with Gasteiger partial charge in [0.1, 0.15) is 6.54 Å². The van der Waals surface area contributed by atoms with Crippen molar-refractivity contribution in [1.29, 1.82) is 0 Å². The molecule has 0 saturated heterocycles. The molecule has 0 heterocycles. The quantitative estimate of drug-likeness (QED) is 0.674. The van der Waals surface area contributed by atoms with E-state index < -0.39 is 10.0 Å². The number of ether oxygens (including phenoxy) is 2. The van der Waals surface area contributed by atoms with Crippen molar-refractivity contribution in [3.05, 3.63) is 53.1 Å². The lowest BCUT2D eigenvalue weighted by Crippen LogP contribution is -2.41. The van der Waals surface area contributed by atoms with E-state index in [4.69, 9.17) is 9.47 Å². The van der Waals surface area contributed by atoms with Crippen LogP contribution in [0.2, 0.25) is 0 Å². The molecule has 0 atom stereocenters. The van der Waals surface area contributed by atoms with Crippen molar-refractivity contribution in [1.82, 2.24) is 5.32 Å². The number of nitrogens with one attached hydrogen (secondary N) is 1. The standard InChI is InChI=1S/C21H28N2O5S/c1-15-6-8-18(16(2)12-15)23(29(5,25)26)14-21(24)22-11-10-17-7-9-19(27-3)20(13-17)28-4/h6-9,12-13H,10-11,14H2,1-5H3,(H,22,24). The highest BCUT2D eigenvalue weighted by Gasteiger charge is 2.22. The summed E-state index contributed by atoms with van der Waals surface area (Å²) in [5.74, 6) is 0.892. The predicted molar refractivity (Wildman–Crippen MR) is 114 cm³/mol. The first kappa shape index (κ1) is 22.5. The Morgan fingerprint density at radius 2 is 1.72 bits per heavy atom. The molecule has 0 radical (unpaired) electrons. The Balaban J connectivity index is 2.02. The van der Waals surface area contributed by atoms with Gasteiger partial charge in [-0.05, 0) is 49.6 Å². The van der Waals surface area contributed by atoms with Gasteiger partial charge in [0.05, 0.1) is 26.2 Å². The van der Waals surface area contributed by atoms with E-state index in [9.17, 15) is 13.2 Å². The van der Waals surface area contributed by atoms with Crippen molar-refractivity contribution in [2.75, 3.05) is 37.9 Å². The summed E-state index contributed by atoms with van der Waals surface area (Å²) in [7, 11) is -0.464. The van der Waals surface area contributed by atoms with Crippen LogP contribution in [0, 0.1) is 13.8 Å². The van der Waals surface area contributed by atoms with Gasteiger partial charge in [-0.15, -0.1) is 0 Å². The average molecular weight is 421 g/mol. The summed E-state index contributed by atoms with van der Waals surface area (Å²) in [6, 6.07) is 11.0. The fraction of sp³-hybridized carbons (Fsp3) is 0.381. The number of aryl methyl sites for hydroxylation is 2. The Labute approximate surface area is 172 Å². The third kappa shape index (κ3) is 6.12. The number of carbonyl (C=O) groups excluding carboxylic acids is 1. The molecule has 0 saturated carbocycles. The number of nitrogens with zero attached hydrogens (tertiary/aromatic N) is 1. The first-order chi connectivity index (χ1) is 13.7. The van der Waals surface area contributed by atoms with Gasteiger partial charge in [-0.3, -0.25) is 9.10 Å². The van der Waals surface area contributed by atoms with Crippen molar-refractivity contribution in [3.8, 4) is 11.5 Å². The van der Waals surface area contributed by atoms with Crippen LogP contribution in [0.3, 0.4) is 0 Å². The zero-order chi connectivity index (χ0) is 21.6. The molecular weight excluding hydrogens is 392 g/mol. The Bertz CT molecular complexity index is 973. The molecule has 1 amide bonds. The molecule has 1 N–H and O–H groups in total. The number of carbonyl (C=O) groups is 1. The van der Waals surface area contributed by atoms with E-state index in [2.05, 4.69) is 5.32 Å². The van der Waals surface area contributed by atoms with Crippen LogP contribution in [0.4, 0.5) is 5.69 Å². The third-order valence-electron chi connectivity index (χ3n) is 4.49. The van der Waals surface area contributed by atoms with Gasteiger partial charge in [0.2, 0.25) is 15.9 Å². The van der Waals surface area contributed by atoms with E-state index in [-0.39, 0.29) is 12.5 Å². The first-order valence-corrected chi connectivity index (χ1v) is 11.0. The summed E-state index contributed by atoms with van der Waals surface area (Å²) in [5, 5.41) is 2.78. The maximum atomic E-state index is 12.4. The smallest absolute Gasteiger partial charge is 0.240 e. The zero-order valence-electron chi connectivity index (χ0n) is 17.5. The Morgan fingerprint density at radius 3 is 2.31 bits per heavy atom. The zero-order valence-corrected chi connectivity index (χ0v) is 18.3. The van der Waals surface area contributed by atoms with E-state index >= 15 is 0 Å². The predicted octanol–water partition coefficient (Wildman–Crippen LogP) is 2.45. The molecule has 29 heavy (non-hydrogen) atoms. The maximum absolute atomic E-state index is 12.4. The van der Waals surface area contributed by atoms with Crippen LogP contribution < -0.4 is 19.1 Å². The van der Waals surface area contributed by atoms with Crippen LogP contribution in [0.1, 0.15) is 16.7 Å². The van der Waals surface area contributed by atoms with Gasteiger partial charge in [-0.2, -0.15) is 0 Å². The number of hydrogen-bond acceptors (Lipinski definition) is 5. The Hall–Kier alpha value is -2.74. The first-order valence-electron chi connectivity index (χ1n) is 9.18. The van der Waals surface area contributed by atoms with Crippen LogP contribution in [-0.2, 0) is 21.2 Å². The summed E-state index contributed by atoms with van der Waals surface area (Å²) in [4.78, 5) is 12.4. The monoisotopic (exact) mass is 420 g/mol. The highest BCUT2D eigenvalue weighted by molar-refractivity contribution is 7.92. The number of hydrogen-bond donors (Lipinski definition) is 1. The van der Waals surface area contributed by atoms with E-state index in [0.717, 1.165) is 27.3 Å². The van der Waals surface area contributed by atoms with Crippen LogP contribution >= 0.6 is 0 Å². The topological polar surface area (TPSA) is 84.9 Å². The van der Waals surface area contributed by atoms with Crippen molar-refractivity contribution in [2.45, 2.75) is 20.3 Å². The van der Waals surface area contributed by atoms with Crippen LogP contribution in [0.25, 0.3) is 0 Å². The minimum Gasteiger partial charge on any atom is -0.493 e. The minimum atomic E-state index is -3.60. The molecule has 8 heteroatoms. The average Bonchev–Trinajstić information content (AvgIpc) is 2.65. The summed E-state index contributed by atoms with van der Waals surface area (Å²) in [6.45, 7) is 3.87. The van der Waals surface area contributed by atoms with Gasteiger partial charge in [-0.1, -0.05) is 23.8 Å². The molecule has 0 aliphatic carbocycles. The van der Waals surface area contributed by atoms with Crippen LogP contribution in [0.5, 0.6) is 11.5 Å². The fourth-order valence-corrected chi connectivity index (χ4v) is 3.95. The van der Waals surface area contributed by atoms with Crippen molar-refractivity contribution < 1.29 is 22.7 Å². The number of rotatable bonds is 9. The number of methoxy groups -OCH3 is 2. The second kappa shape index (κ2) is 9.65. The summed E-state index contributed by atoms with van der Waals surface area (Å²) < 4.78 is 36.1. The lowest BCUT2D eigenvalue weighted by atomic mass is 10.1. The van der Waals surface area contributed by atoms with E-state index in [0.29, 0.717) is 30.2 Å². The summed E-state index contributed by atoms with van der Waals surface area (Å²) >= 11 is 0. The summed E-state index contributed by atoms with van der Waals surface area (Å²) in [5.41, 5.74) is 3.30. The van der Waals surface area contributed by atoms with Crippen LogP contribution in [0.15, 0.2) is 36.4 Å². The normalized spacial score (nSPS) is 11.1. The van der Waals surface area contributed by atoms with Crippen LogP contribution in [-0.4, -0.2) is 47.9 Å². The van der Waals surface area contributed by atoms with E-state index in [1.165, 1.54) is 0 Å².